The molecule has 0 N–H and O–H groups in total. The van der Waals surface area contributed by atoms with Crippen molar-refractivity contribution in [3.05, 3.63) is 261 Å². The van der Waals surface area contributed by atoms with Crippen molar-refractivity contribution in [3.8, 4) is 33.4 Å². The molecule has 0 spiro atoms. The van der Waals surface area contributed by atoms with E-state index in [1.807, 2.05) is 0 Å². The molecule has 1 nitrogen and oxygen atoms in total. The summed E-state index contributed by atoms with van der Waals surface area (Å²) < 4.78 is 1.09. The zero-order chi connectivity index (χ0) is 40.4. The number of hydrogen-bond acceptors (Lipinski definition) is 1. The lowest BCUT2D eigenvalue weighted by molar-refractivity contribution is 0.660. The maximum atomic E-state index is 4.07. The summed E-state index contributed by atoms with van der Waals surface area (Å²) in [6.45, 7) is 4.74. The van der Waals surface area contributed by atoms with E-state index < -0.39 is 5.41 Å². The number of nitrogens with zero attached hydrogens (tertiary/aromatic N) is 1. The molecule has 0 heterocycles. The molecule has 11 rings (SSSR count). The van der Waals surface area contributed by atoms with Gasteiger partial charge in [0.25, 0.3) is 0 Å². The number of benzene rings is 8. The molecule has 3 aliphatic rings. The Balaban J connectivity index is 1.09. The van der Waals surface area contributed by atoms with Gasteiger partial charge in [0.05, 0.1) is 5.41 Å². The normalized spacial score (nSPS) is 17.9. The zero-order valence-electron chi connectivity index (χ0n) is 33.8. The summed E-state index contributed by atoms with van der Waals surface area (Å²) in [5.41, 5.74) is 19.7. The molecular weight excluding hydrogens is 791 g/mol. The van der Waals surface area contributed by atoms with Gasteiger partial charge in [0.15, 0.2) is 0 Å². The average molecular weight is 835 g/mol. The molecule has 0 bridgehead atoms. The van der Waals surface area contributed by atoms with Crippen LogP contribution in [-0.4, -0.2) is 0 Å². The minimum atomic E-state index is -0.559. The van der Waals surface area contributed by atoms with Crippen molar-refractivity contribution < 1.29 is 0 Å². The third-order valence-corrected chi connectivity index (χ3v) is 14.1. The molecule has 2 unspecified atom stereocenters. The van der Waals surface area contributed by atoms with Crippen LogP contribution in [0.25, 0.3) is 33.4 Å². The van der Waals surface area contributed by atoms with E-state index in [9.17, 15) is 0 Å². The van der Waals surface area contributed by atoms with Gasteiger partial charge in [0.2, 0.25) is 0 Å². The molecule has 8 aromatic carbocycles. The van der Waals surface area contributed by atoms with Crippen molar-refractivity contribution in [2.75, 3.05) is 4.90 Å². The molecule has 0 saturated heterocycles. The Bertz CT molecular complexity index is 2990. The molecule has 3 aliphatic carbocycles. The van der Waals surface area contributed by atoms with E-state index >= 15 is 0 Å². The predicted octanol–water partition coefficient (Wildman–Crippen LogP) is 15.6. The monoisotopic (exact) mass is 833 g/mol. The highest BCUT2D eigenvalue weighted by molar-refractivity contribution is 9.10. The van der Waals surface area contributed by atoms with E-state index in [1.54, 1.807) is 0 Å². The number of allylic oxidation sites excluding steroid dienone is 3. The number of hydrogen-bond donors (Lipinski definition) is 0. The molecule has 0 saturated carbocycles. The van der Waals surface area contributed by atoms with Crippen LogP contribution in [0.4, 0.5) is 11.4 Å². The highest BCUT2D eigenvalue weighted by Crippen LogP contribution is 2.59. The summed E-state index contributed by atoms with van der Waals surface area (Å²) in [6.07, 6.45) is 8.09. The standard InChI is InChI=1S/C58H44BrN/c1-57(2)50-23-11-9-20-47(50)48-37-36-45(38-54(48)57)60(43-32-28-40(29-33-43)39-16-5-3-6-17-39)44-34-30-42(31-35-44)58(52-25-13-14-27-55(52)59)51-24-12-10-21-49(51)56-46(22-15-26-53(56)58)41-18-7-4-8-19-41/h3-28,30-38,40H,29H2,1-2H3. The van der Waals surface area contributed by atoms with E-state index in [4.69, 9.17) is 0 Å². The Morgan fingerprint density at radius 2 is 1.10 bits per heavy atom. The van der Waals surface area contributed by atoms with Gasteiger partial charge in [0.1, 0.15) is 0 Å². The highest BCUT2D eigenvalue weighted by Gasteiger charge is 2.48. The number of rotatable bonds is 7. The second kappa shape index (κ2) is 14.4. The highest BCUT2D eigenvalue weighted by atomic mass is 79.9. The fourth-order valence-electron chi connectivity index (χ4n) is 10.6. The smallest absolute Gasteiger partial charge is 0.0724 e. The second-order valence-electron chi connectivity index (χ2n) is 16.9. The molecule has 60 heavy (non-hydrogen) atoms. The maximum absolute atomic E-state index is 4.07. The zero-order valence-corrected chi connectivity index (χ0v) is 35.4. The first-order valence-corrected chi connectivity index (χ1v) is 21.9. The van der Waals surface area contributed by atoms with E-state index in [1.165, 1.54) is 83.7 Å². The SMILES string of the molecule is CC1(C)c2ccccc2-c2ccc(N(C3=CCC(c4ccccc4)C=C3)c3ccc(C4(c5ccccc5Br)c5ccccc5-c5c(-c6ccccc6)cccc54)cc3)cc21. The lowest BCUT2D eigenvalue weighted by Crippen LogP contribution is -2.29. The van der Waals surface area contributed by atoms with Crippen LogP contribution in [0.5, 0.6) is 0 Å². The van der Waals surface area contributed by atoms with Crippen LogP contribution in [0.3, 0.4) is 0 Å². The first-order chi connectivity index (χ1) is 29.4. The molecule has 0 amide bonds. The summed E-state index contributed by atoms with van der Waals surface area (Å²) in [5, 5.41) is 0. The quantitative estimate of drug-likeness (QED) is 0.155. The molecule has 0 aromatic heterocycles. The van der Waals surface area contributed by atoms with Crippen LogP contribution in [0.1, 0.15) is 65.1 Å². The third-order valence-electron chi connectivity index (χ3n) is 13.4. The van der Waals surface area contributed by atoms with Crippen LogP contribution < -0.4 is 4.90 Å². The van der Waals surface area contributed by atoms with Crippen LogP contribution in [0.2, 0.25) is 0 Å². The summed E-state index contributed by atoms with van der Waals surface area (Å²) in [7, 11) is 0. The lowest BCUT2D eigenvalue weighted by atomic mass is 9.67. The van der Waals surface area contributed by atoms with Crippen LogP contribution >= 0.6 is 15.9 Å². The Morgan fingerprint density at radius 3 is 1.83 bits per heavy atom. The minimum absolute atomic E-state index is 0.107. The van der Waals surface area contributed by atoms with E-state index in [2.05, 4.69) is 247 Å². The molecule has 8 aromatic rings. The van der Waals surface area contributed by atoms with Crippen LogP contribution in [0, 0.1) is 0 Å². The van der Waals surface area contributed by atoms with E-state index in [0.717, 1.165) is 16.6 Å². The van der Waals surface area contributed by atoms with Crippen molar-refractivity contribution in [1.82, 2.24) is 0 Å². The summed E-state index contributed by atoms with van der Waals surface area (Å²) >= 11 is 4.07. The van der Waals surface area contributed by atoms with Gasteiger partial charge in [0, 0.05) is 32.9 Å². The third kappa shape index (κ3) is 5.58. The molecule has 0 radical (unpaired) electrons. The Morgan fingerprint density at radius 1 is 0.500 bits per heavy atom. The number of halogens is 1. The van der Waals surface area contributed by atoms with Gasteiger partial charge < -0.3 is 4.90 Å². The molecule has 2 heteroatoms. The molecule has 2 atom stereocenters. The molecule has 288 valence electrons. The molecular formula is C58H44BrN. The van der Waals surface area contributed by atoms with Crippen LogP contribution in [-0.2, 0) is 10.8 Å². The van der Waals surface area contributed by atoms with Crippen molar-refractivity contribution in [3.63, 3.8) is 0 Å². The fourth-order valence-corrected chi connectivity index (χ4v) is 11.2. The fraction of sp³-hybridized carbons (Fsp3) is 0.103. The first kappa shape index (κ1) is 36.6. The van der Waals surface area contributed by atoms with Gasteiger partial charge in [-0.2, -0.15) is 0 Å². The summed E-state index contributed by atoms with van der Waals surface area (Å²) in [6, 6.07) is 71.9. The van der Waals surface area contributed by atoms with Gasteiger partial charge in [-0.25, -0.2) is 0 Å². The van der Waals surface area contributed by atoms with Crippen molar-refractivity contribution in [1.29, 1.82) is 0 Å². The minimum Gasteiger partial charge on any atom is -0.311 e. The number of anilines is 2. The maximum Gasteiger partial charge on any atom is 0.0724 e. The van der Waals surface area contributed by atoms with Gasteiger partial charge in [-0.05, 0) is 115 Å². The molecule has 0 aliphatic heterocycles. The average Bonchev–Trinajstić information content (AvgIpc) is 3.73. The lowest BCUT2D eigenvalue weighted by Gasteiger charge is -2.35. The Labute approximate surface area is 362 Å². The summed E-state index contributed by atoms with van der Waals surface area (Å²) in [4.78, 5) is 2.47. The van der Waals surface area contributed by atoms with E-state index in [-0.39, 0.29) is 5.41 Å². The predicted molar refractivity (Wildman–Crippen MR) is 254 cm³/mol. The van der Waals surface area contributed by atoms with Gasteiger partial charge in [-0.15, -0.1) is 0 Å². The molecule has 0 fully saturated rings. The number of fused-ring (bicyclic) bond motifs is 6. The second-order valence-corrected chi connectivity index (χ2v) is 17.7. The Hall–Kier alpha value is -6.48. The van der Waals surface area contributed by atoms with Crippen molar-refractivity contribution >= 4 is 27.3 Å². The van der Waals surface area contributed by atoms with Gasteiger partial charge in [-0.1, -0.05) is 206 Å². The topological polar surface area (TPSA) is 3.24 Å². The van der Waals surface area contributed by atoms with E-state index in [0.29, 0.717) is 5.92 Å². The largest absolute Gasteiger partial charge is 0.311 e. The van der Waals surface area contributed by atoms with Crippen molar-refractivity contribution in [2.45, 2.75) is 37.0 Å². The van der Waals surface area contributed by atoms with Crippen molar-refractivity contribution in [2.24, 2.45) is 0 Å². The summed E-state index contributed by atoms with van der Waals surface area (Å²) in [5.74, 6) is 0.347. The first-order valence-electron chi connectivity index (χ1n) is 21.1. The Kier molecular flexibility index (Phi) is 8.76. The van der Waals surface area contributed by atoms with Crippen LogP contribution in [0.15, 0.2) is 223 Å². The van der Waals surface area contributed by atoms with Gasteiger partial charge >= 0.3 is 0 Å². The van der Waals surface area contributed by atoms with Gasteiger partial charge in [-0.3, -0.25) is 0 Å².